The zero-order valence-electron chi connectivity index (χ0n) is 11.7. The molecule has 1 N–H and O–H groups in total. The van der Waals surface area contributed by atoms with E-state index in [9.17, 15) is 0 Å². The molecule has 1 aliphatic rings. The number of anilines is 1. The van der Waals surface area contributed by atoms with Gasteiger partial charge >= 0.3 is 0 Å². The van der Waals surface area contributed by atoms with Gasteiger partial charge in [-0.1, -0.05) is 25.1 Å². The number of hydrogen-bond donors (Lipinski definition) is 1. The zero-order valence-corrected chi connectivity index (χ0v) is 11.7. The van der Waals surface area contributed by atoms with Crippen molar-refractivity contribution in [1.29, 1.82) is 0 Å². The molecule has 1 saturated heterocycles. The number of para-hydroxylation sites is 1. The Labute approximate surface area is 114 Å². The first-order valence-electron chi connectivity index (χ1n) is 7.14. The molecule has 1 fully saturated rings. The Morgan fingerprint density at radius 3 is 2.79 bits per heavy atom. The molecule has 0 unspecified atom stereocenters. The molecule has 3 heteroatoms. The summed E-state index contributed by atoms with van der Waals surface area (Å²) in [4.78, 5) is 7.37. The number of fused-ring (bicyclic) bond motifs is 1. The summed E-state index contributed by atoms with van der Waals surface area (Å²) >= 11 is 0. The number of pyridine rings is 1. The summed E-state index contributed by atoms with van der Waals surface area (Å²) in [5.41, 5.74) is 3.79. The van der Waals surface area contributed by atoms with E-state index in [0.717, 1.165) is 38.4 Å². The fourth-order valence-electron chi connectivity index (χ4n) is 2.84. The number of nitrogens with one attached hydrogen (secondary N) is 1. The maximum absolute atomic E-state index is 4.97. The van der Waals surface area contributed by atoms with Crippen LogP contribution in [0, 0.1) is 6.92 Å². The van der Waals surface area contributed by atoms with Gasteiger partial charge in [-0.3, -0.25) is 0 Å². The lowest BCUT2D eigenvalue weighted by molar-refractivity contribution is 0.584. The van der Waals surface area contributed by atoms with Gasteiger partial charge in [0.15, 0.2) is 0 Å². The highest BCUT2D eigenvalue weighted by atomic mass is 15.2. The fraction of sp³-hybridized carbons (Fsp3) is 0.438. The molecule has 1 aliphatic heterocycles. The average Bonchev–Trinajstić information content (AvgIpc) is 2.46. The van der Waals surface area contributed by atoms with E-state index < -0.39 is 0 Å². The van der Waals surface area contributed by atoms with Crippen molar-refractivity contribution in [2.24, 2.45) is 0 Å². The second kappa shape index (κ2) is 5.17. The molecule has 0 atom stereocenters. The third-order valence-electron chi connectivity index (χ3n) is 3.89. The van der Waals surface area contributed by atoms with E-state index in [1.165, 1.54) is 22.0 Å². The SMILES string of the molecule is CCc1cccc2cc(C)c(N3CCNCC3)nc12. The van der Waals surface area contributed by atoms with E-state index >= 15 is 0 Å². The van der Waals surface area contributed by atoms with Crippen LogP contribution in [0.1, 0.15) is 18.1 Å². The van der Waals surface area contributed by atoms with Gasteiger partial charge in [-0.2, -0.15) is 0 Å². The van der Waals surface area contributed by atoms with E-state index in [1.807, 2.05) is 0 Å². The van der Waals surface area contributed by atoms with Crippen LogP contribution >= 0.6 is 0 Å². The predicted octanol–water partition coefficient (Wildman–Crippen LogP) is 2.52. The van der Waals surface area contributed by atoms with Crippen molar-refractivity contribution in [3.05, 3.63) is 35.4 Å². The summed E-state index contributed by atoms with van der Waals surface area (Å²) in [5.74, 6) is 1.16. The van der Waals surface area contributed by atoms with Gasteiger partial charge in [-0.05, 0) is 30.5 Å². The number of piperazine rings is 1. The molecule has 0 spiro atoms. The van der Waals surface area contributed by atoms with Crippen LogP contribution in [0.5, 0.6) is 0 Å². The summed E-state index contributed by atoms with van der Waals surface area (Å²) < 4.78 is 0. The molecular formula is C16H21N3. The van der Waals surface area contributed by atoms with Crippen molar-refractivity contribution in [3.8, 4) is 0 Å². The van der Waals surface area contributed by atoms with Crippen molar-refractivity contribution in [1.82, 2.24) is 10.3 Å². The monoisotopic (exact) mass is 255 g/mol. The van der Waals surface area contributed by atoms with E-state index in [0.29, 0.717) is 0 Å². The molecule has 3 rings (SSSR count). The highest BCUT2D eigenvalue weighted by Crippen LogP contribution is 2.25. The van der Waals surface area contributed by atoms with E-state index in [1.54, 1.807) is 0 Å². The molecule has 1 aromatic heterocycles. The number of hydrogen-bond acceptors (Lipinski definition) is 3. The van der Waals surface area contributed by atoms with Crippen LogP contribution < -0.4 is 10.2 Å². The predicted molar refractivity (Wildman–Crippen MR) is 80.9 cm³/mol. The van der Waals surface area contributed by atoms with Crippen molar-refractivity contribution in [3.63, 3.8) is 0 Å². The quantitative estimate of drug-likeness (QED) is 0.893. The first kappa shape index (κ1) is 12.4. The summed E-state index contributed by atoms with van der Waals surface area (Å²) in [5, 5.41) is 4.65. The first-order valence-corrected chi connectivity index (χ1v) is 7.14. The first-order chi connectivity index (χ1) is 9.29. The molecule has 19 heavy (non-hydrogen) atoms. The van der Waals surface area contributed by atoms with Crippen LogP contribution in [0.25, 0.3) is 10.9 Å². The van der Waals surface area contributed by atoms with Gasteiger partial charge in [0.1, 0.15) is 5.82 Å². The van der Waals surface area contributed by atoms with Crippen LogP contribution in [0.2, 0.25) is 0 Å². The molecule has 3 nitrogen and oxygen atoms in total. The molecule has 0 radical (unpaired) electrons. The highest BCUT2D eigenvalue weighted by molar-refractivity contribution is 5.84. The van der Waals surface area contributed by atoms with E-state index in [4.69, 9.17) is 4.98 Å². The van der Waals surface area contributed by atoms with Gasteiger partial charge < -0.3 is 10.2 Å². The molecule has 0 amide bonds. The van der Waals surface area contributed by atoms with Crippen LogP contribution in [0.3, 0.4) is 0 Å². The van der Waals surface area contributed by atoms with Gasteiger partial charge in [0.05, 0.1) is 5.52 Å². The Hall–Kier alpha value is -1.61. The minimum atomic E-state index is 1.04. The lowest BCUT2D eigenvalue weighted by Gasteiger charge is -2.30. The van der Waals surface area contributed by atoms with E-state index in [-0.39, 0.29) is 0 Å². The van der Waals surface area contributed by atoms with Gasteiger partial charge in [-0.15, -0.1) is 0 Å². The molecule has 100 valence electrons. The normalized spacial score (nSPS) is 16.0. The maximum Gasteiger partial charge on any atom is 0.132 e. The average molecular weight is 255 g/mol. The van der Waals surface area contributed by atoms with Crippen molar-refractivity contribution in [2.75, 3.05) is 31.1 Å². The van der Waals surface area contributed by atoms with Crippen molar-refractivity contribution < 1.29 is 0 Å². The van der Waals surface area contributed by atoms with Gasteiger partial charge in [-0.25, -0.2) is 4.98 Å². The Morgan fingerprint density at radius 2 is 2.05 bits per heavy atom. The second-order valence-corrected chi connectivity index (χ2v) is 5.21. The third kappa shape index (κ3) is 2.30. The zero-order chi connectivity index (χ0) is 13.2. The summed E-state index contributed by atoms with van der Waals surface area (Å²) in [7, 11) is 0. The summed E-state index contributed by atoms with van der Waals surface area (Å²) in [6.07, 6.45) is 1.04. The smallest absolute Gasteiger partial charge is 0.132 e. The molecular weight excluding hydrogens is 234 g/mol. The van der Waals surface area contributed by atoms with Crippen molar-refractivity contribution >= 4 is 16.7 Å². The molecule has 2 aromatic rings. The number of benzene rings is 1. The molecule has 0 bridgehead atoms. The molecule has 2 heterocycles. The van der Waals surface area contributed by atoms with Crippen molar-refractivity contribution in [2.45, 2.75) is 20.3 Å². The van der Waals surface area contributed by atoms with Crippen LogP contribution in [-0.4, -0.2) is 31.2 Å². The Bertz CT molecular complexity index is 586. The van der Waals surface area contributed by atoms with Gasteiger partial charge in [0.25, 0.3) is 0 Å². The van der Waals surface area contributed by atoms with Gasteiger partial charge in [0.2, 0.25) is 0 Å². The van der Waals surface area contributed by atoms with Crippen LogP contribution in [0.4, 0.5) is 5.82 Å². The van der Waals surface area contributed by atoms with Crippen LogP contribution in [0.15, 0.2) is 24.3 Å². The summed E-state index contributed by atoms with van der Waals surface area (Å²) in [6, 6.07) is 8.76. The Balaban J connectivity index is 2.11. The third-order valence-corrected chi connectivity index (χ3v) is 3.89. The maximum atomic E-state index is 4.97. The second-order valence-electron chi connectivity index (χ2n) is 5.21. The largest absolute Gasteiger partial charge is 0.354 e. The fourth-order valence-corrected chi connectivity index (χ4v) is 2.84. The Morgan fingerprint density at radius 1 is 1.26 bits per heavy atom. The summed E-state index contributed by atoms with van der Waals surface area (Å²) in [6.45, 7) is 8.56. The number of nitrogens with zero attached hydrogens (tertiary/aromatic N) is 2. The highest BCUT2D eigenvalue weighted by Gasteiger charge is 2.15. The van der Waals surface area contributed by atoms with Crippen LogP contribution in [-0.2, 0) is 6.42 Å². The lowest BCUT2D eigenvalue weighted by Crippen LogP contribution is -2.44. The minimum absolute atomic E-state index is 1.04. The topological polar surface area (TPSA) is 28.2 Å². The molecule has 0 saturated carbocycles. The molecule has 0 aliphatic carbocycles. The van der Waals surface area contributed by atoms with E-state index in [2.05, 4.69) is 48.3 Å². The lowest BCUT2D eigenvalue weighted by atomic mass is 10.1. The Kier molecular flexibility index (Phi) is 3.38. The van der Waals surface area contributed by atoms with Gasteiger partial charge in [0, 0.05) is 31.6 Å². The number of rotatable bonds is 2. The minimum Gasteiger partial charge on any atom is -0.354 e. The standard InChI is InChI=1S/C16H21N3/c1-3-13-5-4-6-14-11-12(2)16(18-15(13)14)19-9-7-17-8-10-19/h4-6,11,17H,3,7-10H2,1-2H3. The number of aryl methyl sites for hydroxylation is 2. The molecule has 1 aromatic carbocycles. The number of aromatic nitrogens is 1.